The van der Waals surface area contributed by atoms with Crippen LogP contribution in [0.3, 0.4) is 0 Å². The zero-order valence-corrected chi connectivity index (χ0v) is 11.6. The maximum absolute atomic E-state index is 12.3. The van der Waals surface area contributed by atoms with E-state index in [1.807, 2.05) is 13.1 Å². The molecule has 4 nitrogen and oxygen atoms in total. The molecule has 0 spiro atoms. The minimum Gasteiger partial charge on any atom is -0.315 e. The lowest BCUT2D eigenvalue weighted by atomic mass is 10.2. The van der Waals surface area contributed by atoms with Gasteiger partial charge < -0.3 is 5.32 Å². The molecule has 0 atom stereocenters. The van der Waals surface area contributed by atoms with Gasteiger partial charge in [0.25, 0.3) is 10.0 Å². The molecule has 0 amide bonds. The molecule has 6 heteroatoms. The van der Waals surface area contributed by atoms with Gasteiger partial charge in [0, 0.05) is 24.5 Å². The van der Waals surface area contributed by atoms with Gasteiger partial charge in [-0.1, -0.05) is 6.42 Å². The van der Waals surface area contributed by atoms with Gasteiger partial charge in [0.05, 0.1) is 0 Å². The van der Waals surface area contributed by atoms with Gasteiger partial charge in [-0.05, 0) is 32.0 Å². The fraction of sp³-hybridized carbons (Fsp3) is 0.636. The molecule has 2 heterocycles. The van der Waals surface area contributed by atoms with Crippen molar-refractivity contribution in [1.29, 1.82) is 0 Å². The predicted molar refractivity (Wildman–Crippen MR) is 69.7 cm³/mol. The monoisotopic (exact) mass is 274 g/mol. The first kappa shape index (κ1) is 13.0. The molecule has 0 unspecified atom stereocenters. The highest BCUT2D eigenvalue weighted by Gasteiger charge is 2.27. The van der Waals surface area contributed by atoms with E-state index in [4.69, 9.17) is 0 Å². The van der Waals surface area contributed by atoms with Crippen LogP contribution >= 0.6 is 11.3 Å². The number of thiophene rings is 1. The molecule has 1 aliphatic rings. The average Bonchev–Trinajstić information content (AvgIpc) is 2.80. The van der Waals surface area contributed by atoms with E-state index in [9.17, 15) is 8.42 Å². The Morgan fingerprint density at radius 2 is 2.00 bits per heavy atom. The number of hydrogen-bond acceptors (Lipinski definition) is 4. The number of piperidine rings is 1. The topological polar surface area (TPSA) is 49.4 Å². The lowest BCUT2D eigenvalue weighted by molar-refractivity contribution is 0.347. The Bertz CT molecular complexity index is 462. The van der Waals surface area contributed by atoms with Gasteiger partial charge in [0.1, 0.15) is 4.21 Å². The fourth-order valence-electron chi connectivity index (χ4n) is 2.00. The Hall–Kier alpha value is -0.430. The third-order valence-electron chi connectivity index (χ3n) is 2.90. The largest absolute Gasteiger partial charge is 0.315 e. The molecular formula is C11H18N2O2S2. The number of sulfonamides is 1. The van der Waals surface area contributed by atoms with Crippen LogP contribution in [0, 0.1) is 0 Å². The molecule has 0 saturated carbocycles. The second kappa shape index (κ2) is 5.48. The summed E-state index contributed by atoms with van der Waals surface area (Å²) in [4.78, 5) is 1.06. The SMILES string of the molecule is CNCc1ccc(S(=O)(=O)N2CCCCC2)s1. The molecular weight excluding hydrogens is 256 g/mol. The normalized spacial score (nSPS) is 18.4. The van der Waals surface area contributed by atoms with Crippen LogP contribution in [0.25, 0.3) is 0 Å². The molecule has 1 N–H and O–H groups in total. The average molecular weight is 274 g/mol. The Kier molecular flexibility index (Phi) is 4.19. The van der Waals surface area contributed by atoms with Crippen molar-refractivity contribution in [2.24, 2.45) is 0 Å². The van der Waals surface area contributed by atoms with Gasteiger partial charge in [0.2, 0.25) is 0 Å². The van der Waals surface area contributed by atoms with Crippen LogP contribution in [0.4, 0.5) is 0 Å². The summed E-state index contributed by atoms with van der Waals surface area (Å²) in [6.45, 7) is 2.06. The van der Waals surface area contributed by atoms with Crippen molar-refractivity contribution in [3.63, 3.8) is 0 Å². The Labute approximate surface area is 107 Å². The van der Waals surface area contributed by atoms with Crippen molar-refractivity contribution >= 4 is 21.4 Å². The van der Waals surface area contributed by atoms with Gasteiger partial charge in [-0.25, -0.2) is 8.42 Å². The maximum atomic E-state index is 12.3. The maximum Gasteiger partial charge on any atom is 0.252 e. The molecule has 0 aromatic carbocycles. The van der Waals surface area contributed by atoms with Gasteiger partial charge >= 0.3 is 0 Å². The molecule has 0 bridgehead atoms. The standard InChI is InChI=1S/C11H18N2O2S2/c1-12-9-10-5-6-11(16-10)17(14,15)13-7-3-2-4-8-13/h5-6,12H,2-4,7-9H2,1H3. The van der Waals surface area contributed by atoms with E-state index < -0.39 is 10.0 Å². The smallest absolute Gasteiger partial charge is 0.252 e. The highest BCUT2D eigenvalue weighted by atomic mass is 32.2. The number of nitrogens with one attached hydrogen (secondary N) is 1. The van der Waals surface area contributed by atoms with E-state index in [1.165, 1.54) is 11.3 Å². The Morgan fingerprint density at radius 3 is 2.65 bits per heavy atom. The van der Waals surface area contributed by atoms with Crippen LogP contribution in [0.1, 0.15) is 24.1 Å². The summed E-state index contributed by atoms with van der Waals surface area (Å²) in [7, 11) is -1.38. The van der Waals surface area contributed by atoms with Crippen LogP contribution in [-0.4, -0.2) is 32.9 Å². The second-order valence-corrected chi connectivity index (χ2v) is 7.55. The van der Waals surface area contributed by atoms with Gasteiger partial charge in [-0.15, -0.1) is 11.3 Å². The fourth-order valence-corrected chi connectivity index (χ4v) is 5.04. The Balaban J connectivity index is 2.18. The van der Waals surface area contributed by atoms with Crippen molar-refractivity contribution < 1.29 is 8.42 Å². The summed E-state index contributed by atoms with van der Waals surface area (Å²) in [6, 6.07) is 3.61. The van der Waals surface area contributed by atoms with E-state index in [-0.39, 0.29) is 0 Å². The van der Waals surface area contributed by atoms with Crippen LogP contribution < -0.4 is 5.32 Å². The molecule has 0 aliphatic carbocycles. The van der Waals surface area contributed by atoms with Crippen LogP contribution in [-0.2, 0) is 16.6 Å². The van der Waals surface area contributed by atoms with Crippen LogP contribution in [0.15, 0.2) is 16.3 Å². The molecule has 0 radical (unpaired) electrons. The second-order valence-electron chi connectivity index (χ2n) is 4.22. The highest BCUT2D eigenvalue weighted by Crippen LogP contribution is 2.26. The van der Waals surface area contributed by atoms with Crippen molar-refractivity contribution in [3.05, 3.63) is 17.0 Å². The van der Waals surface area contributed by atoms with Crippen LogP contribution in [0.5, 0.6) is 0 Å². The number of hydrogen-bond donors (Lipinski definition) is 1. The zero-order chi connectivity index (χ0) is 12.3. The van der Waals surface area contributed by atoms with Crippen molar-refractivity contribution in [3.8, 4) is 0 Å². The number of nitrogens with zero attached hydrogens (tertiary/aromatic N) is 1. The molecule has 1 aromatic heterocycles. The lowest BCUT2D eigenvalue weighted by Gasteiger charge is -2.25. The summed E-state index contributed by atoms with van der Waals surface area (Å²) in [5.74, 6) is 0. The molecule has 1 saturated heterocycles. The first-order valence-corrected chi connectivity index (χ1v) is 8.14. The molecule has 17 heavy (non-hydrogen) atoms. The molecule has 96 valence electrons. The summed E-state index contributed by atoms with van der Waals surface area (Å²) >= 11 is 1.37. The first-order chi connectivity index (χ1) is 8.14. The predicted octanol–water partition coefficient (Wildman–Crippen LogP) is 1.64. The van der Waals surface area contributed by atoms with Gasteiger partial charge in [0.15, 0.2) is 0 Å². The van der Waals surface area contributed by atoms with E-state index in [0.717, 1.165) is 30.7 Å². The summed E-state index contributed by atoms with van der Waals surface area (Å²) in [5, 5.41) is 3.03. The third kappa shape index (κ3) is 2.88. The highest BCUT2D eigenvalue weighted by molar-refractivity contribution is 7.91. The molecule has 2 rings (SSSR count). The molecule has 1 aliphatic heterocycles. The summed E-state index contributed by atoms with van der Waals surface area (Å²) in [5.41, 5.74) is 0. The molecule has 1 fully saturated rings. The van der Waals surface area contributed by atoms with Gasteiger partial charge in [-0.2, -0.15) is 4.31 Å². The third-order valence-corrected chi connectivity index (χ3v) is 6.35. The van der Waals surface area contributed by atoms with E-state index in [1.54, 1.807) is 10.4 Å². The minimum atomic E-state index is -3.24. The van der Waals surface area contributed by atoms with E-state index in [0.29, 0.717) is 17.3 Å². The zero-order valence-electron chi connectivity index (χ0n) is 9.98. The Morgan fingerprint density at radius 1 is 1.29 bits per heavy atom. The minimum absolute atomic E-state index is 0.477. The van der Waals surface area contributed by atoms with E-state index in [2.05, 4.69) is 5.32 Å². The summed E-state index contributed by atoms with van der Waals surface area (Å²) in [6.07, 6.45) is 3.10. The van der Waals surface area contributed by atoms with E-state index >= 15 is 0 Å². The van der Waals surface area contributed by atoms with Gasteiger partial charge in [-0.3, -0.25) is 0 Å². The van der Waals surface area contributed by atoms with Crippen LogP contribution in [0.2, 0.25) is 0 Å². The summed E-state index contributed by atoms with van der Waals surface area (Å²) < 4.78 is 26.7. The number of rotatable bonds is 4. The molecule has 1 aromatic rings. The van der Waals surface area contributed by atoms with Crippen molar-refractivity contribution in [2.45, 2.75) is 30.0 Å². The first-order valence-electron chi connectivity index (χ1n) is 5.88. The van der Waals surface area contributed by atoms with Crippen molar-refractivity contribution in [2.75, 3.05) is 20.1 Å². The lowest BCUT2D eigenvalue weighted by Crippen LogP contribution is -2.35. The quantitative estimate of drug-likeness (QED) is 0.908. The van der Waals surface area contributed by atoms with Crippen molar-refractivity contribution in [1.82, 2.24) is 9.62 Å².